The van der Waals surface area contributed by atoms with Crippen LogP contribution in [0.2, 0.25) is 0 Å². The number of rotatable bonds is 4. The van der Waals surface area contributed by atoms with E-state index in [2.05, 4.69) is 34.3 Å². The molecule has 2 heterocycles. The first kappa shape index (κ1) is 17.9. The number of amides is 1. The van der Waals surface area contributed by atoms with E-state index in [0.29, 0.717) is 17.8 Å². The average Bonchev–Trinajstić information content (AvgIpc) is 3.00. The molecule has 3 N–H and O–H groups in total. The predicted octanol–water partition coefficient (Wildman–Crippen LogP) is 3.59. The summed E-state index contributed by atoms with van der Waals surface area (Å²) < 4.78 is 6.11. The summed E-state index contributed by atoms with van der Waals surface area (Å²) in [5, 5.41) is 5.57. The van der Waals surface area contributed by atoms with Gasteiger partial charge in [-0.25, -0.2) is 14.8 Å². The van der Waals surface area contributed by atoms with Gasteiger partial charge in [-0.05, 0) is 58.0 Å². The number of primary amides is 1. The molecule has 1 aliphatic carbocycles. The van der Waals surface area contributed by atoms with E-state index in [-0.39, 0.29) is 0 Å². The van der Waals surface area contributed by atoms with Gasteiger partial charge in [-0.15, -0.1) is 11.3 Å². The molecular weight excluding hydrogens is 362 g/mol. The molecule has 0 atom stereocenters. The summed E-state index contributed by atoms with van der Waals surface area (Å²) in [6.45, 7) is 0. The lowest BCUT2D eigenvalue weighted by Gasteiger charge is -2.33. The standard InChI is InChI=1S/C19H23N5O2S/c1-24(2)12-5-3-11(4-6-12)23-17-16-14-9-13(26-19(20)25)7-8-15(14)27-18(16)22-10-21-17/h7-12H,3-6H2,1-2H3,(H2,20,25)(H,21,22,23). The summed E-state index contributed by atoms with van der Waals surface area (Å²) in [6.07, 6.45) is 5.38. The zero-order valence-corrected chi connectivity index (χ0v) is 16.3. The van der Waals surface area contributed by atoms with Crippen LogP contribution in [0.15, 0.2) is 24.5 Å². The van der Waals surface area contributed by atoms with Crippen molar-refractivity contribution in [2.75, 3.05) is 19.4 Å². The molecule has 0 aliphatic heterocycles. The lowest BCUT2D eigenvalue weighted by molar-refractivity contribution is 0.211. The molecule has 1 amide bonds. The highest BCUT2D eigenvalue weighted by atomic mass is 32.1. The molecule has 3 aromatic rings. The number of carbonyl (C=O) groups excluding carboxylic acids is 1. The first-order valence-corrected chi connectivity index (χ1v) is 9.90. The Morgan fingerprint density at radius 1 is 1.26 bits per heavy atom. The Kier molecular flexibility index (Phi) is 4.84. The molecule has 4 rings (SSSR count). The number of hydrogen-bond acceptors (Lipinski definition) is 7. The lowest BCUT2D eigenvalue weighted by atomic mass is 9.90. The van der Waals surface area contributed by atoms with Crippen LogP contribution < -0.4 is 15.8 Å². The fourth-order valence-electron chi connectivity index (χ4n) is 3.81. The summed E-state index contributed by atoms with van der Waals surface area (Å²) in [6, 6.07) is 6.55. The second kappa shape index (κ2) is 7.28. The van der Waals surface area contributed by atoms with Gasteiger partial charge < -0.3 is 20.7 Å². The van der Waals surface area contributed by atoms with Gasteiger partial charge in [0.2, 0.25) is 0 Å². The largest absolute Gasteiger partial charge is 0.410 e. The molecule has 0 radical (unpaired) electrons. The Hall–Kier alpha value is -2.45. The fourth-order valence-corrected chi connectivity index (χ4v) is 4.83. The summed E-state index contributed by atoms with van der Waals surface area (Å²) in [7, 11) is 4.30. The van der Waals surface area contributed by atoms with Gasteiger partial charge in [0.1, 0.15) is 22.7 Å². The minimum absolute atomic E-state index is 0.402. The van der Waals surface area contributed by atoms with E-state index < -0.39 is 6.09 Å². The second-order valence-corrected chi connectivity index (χ2v) is 8.23. The zero-order valence-electron chi connectivity index (χ0n) is 15.4. The van der Waals surface area contributed by atoms with E-state index in [1.54, 1.807) is 23.7 Å². The van der Waals surface area contributed by atoms with Crippen molar-refractivity contribution in [2.24, 2.45) is 5.73 Å². The number of nitrogens with one attached hydrogen (secondary N) is 1. The molecule has 0 unspecified atom stereocenters. The first-order valence-electron chi connectivity index (χ1n) is 9.09. The van der Waals surface area contributed by atoms with Crippen molar-refractivity contribution < 1.29 is 9.53 Å². The van der Waals surface area contributed by atoms with Crippen LogP contribution in [0.3, 0.4) is 0 Å². The van der Waals surface area contributed by atoms with Crippen LogP contribution in [-0.4, -0.2) is 47.1 Å². The van der Waals surface area contributed by atoms with Crippen LogP contribution in [0.4, 0.5) is 10.6 Å². The van der Waals surface area contributed by atoms with Crippen molar-refractivity contribution in [3.63, 3.8) is 0 Å². The molecule has 8 heteroatoms. The number of aromatic nitrogens is 2. The van der Waals surface area contributed by atoms with Crippen LogP contribution in [0.25, 0.3) is 20.3 Å². The molecule has 27 heavy (non-hydrogen) atoms. The van der Waals surface area contributed by atoms with Crippen LogP contribution in [0.1, 0.15) is 25.7 Å². The minimum atomic E-state index is -0.818. The van der Waals surface area contributed by atoms with E-state index >= 15 is 0 Å². The van der Waals surface area contributed by atoms with Gasteiger partial charge in [-0.1, -0.05) is 0 Å². The van der Waals surface area contributed by atoms with Gasteiger partial charge in [0, 0.05) is 22.2 Å². The Bertz CT molecular complexity index is 979. The third kappa shape index (κ3) is 3.68. The number of thiophene rings is 1. The van der Waals surface area contributed by atoms with Crippen LogP contribution in [-0.2, 0) is 0 Å². The highest BCUT2D eigenvalue weighted by Gasteiger charge is 2.23. The number of anilines is 1. The first-order chi connectivity index (χ1) is 13.0. The van der Waals surface area contributed by atoms with Crippen molar-refractivity contribution in [1.29, 1.82) is 0 Å². The Morgan fingerprint density at radius 3 is 2.74 bits per heavy atom. The van der Waals surface area contributed by atoms with Crippen molar-refractivity contribution >= 4 is 43.6 Å². The van der Waals surface area contributed by atoms with Crippen molar-refractivity contribution in [1.82, 2.24) is 14.9 Å². The quantitative estimate of drug-likeness (QED) is 0.713. The SMILES string of the molecule is CN(C)C1CCC(Nc2ncnc3sc4ccc(OC(N)=O)cc4c23)CC1. The molecule has 1 aromatic carbocycles. The van der Waals surface area contributed by atoms with Crippen LogP contribution >= 0.6 is 11.3 Å². The Morgan fingerprint density at radius 2 is 2.04 bits per heavy atom. The monoisotopic (exact) mass is 385 g/mol. The van der Waals surface area contributed by atoms with Crippen molar-refractivity contribution in [2.45, 2.75) is 37.8 Å². The van der Waals surface area contributed by atoms with Crippen LogP contribution in [0.5, 0.6) is 5.75 Å². The second-order valence-electron chi connectivity index (χ2n) is 7.20. The number of nitrogens with two attached hydrogens (primary N) is 1. The molecule has 0 bridgehead atoms. The molecular formula is C19H23N5O2S. The summed E-state index contributed by atoms with van der Waals surface area (Å²) in [5.74, 6) is 1.27. The van der Waals surface area contributed by atoms with E-state index in [9.17, 15) is 4.79 Å². The average molecular weight is 385 g/mol. The maximum atomic E-state index is 11.1. The van der Waals surface area contributed by atoms with Crippen molar-refractivity contribution in [3.8, 4) is 5.75 Å². The molecule has 1 fully saturated rings. The number of hydrogen-bond donors (Lipinski definition) is 2. The predicted molar refractivity (Wildman–Crippen MR) is 108 cm³/mol. The summed E-state index contributed by atoms with van der Waals surface area (Å²) in [5.41, 5.74) is 5.14. The van der Waals surface area contributed by atoms with Gasteiger partial charge in [-0.3, -0.25) is 0 Å². The smallest absolute Gasteiger partial charge is 0.409 e. The van der Waals surface area contributed by atoms with E-state index in [0.717, 1.165) is 39.0 Å². The normalized spacial score (nSPS) is 20.3. The highest BCUT2D eigenvalue weighted by molar-refractivity contribution is 7.25. The van der Waals surface area contributed by atoms with E-state index in [4.69, 9.17) is 10.5 Å². The molecule has 0 saturated heterocycles. The van der Waals surface area contributed by atoms with Gasteiger partial charge >= 0.3 is 6.09 Å². The topological polar surface area (TPSA) is 93.4 Å². The van der Waals surface area contributed by atoms with Gasteiger partial charge in [0.15, 0.2) is 0 Å². The number of carbonyl (C=O) groups is 1. The van der Waals surface area contributed by atoms with Gasteiger partial charge in [0.25, 0.3) is 0 Å². The molecule has 7 nitrogen and oxygen atoms in total. The molecule has 1 aliphatic rings. The van der Waals surface area contributed by atoms with E-state index in [1.165, 1.54) is 12.8 Å². The number of nitrogens with zero attached hydrogens (tertiary/aromatic N) is 3. The Balaban J connectivity index is 1.65. The lowest BCUT2D eigenvalue weighted by Crippen LogP contribution is -2.36. The molecule has 142 valence electrons. The number of fused-ring (bicyclic) bond motifs is 3. The Labute approximate surface area is 161 Å². The third-order valence-corrected chi connectivity index (χ3v) is 6.30. The van der Waals surface area contributed by atoms with Crippen molar-refractivity contribution in [3.05, 3.63) is 24.5 Å². The summed E-state index contributed by atoms with van der Waals surface area (Å²) >= 11 is 1.60. The molecule has 1 saturated carbocycles. The highest BCUT2D eigenvalue weighted by Crippen LogP contribution is 2.38. The van der Waals surface area contributed by atoms with Crippen LogP contribution in [0, 0.1) is 0 Å². The molecule has 0 spiro atoms. The van der Waals surface area contributed by atoms with Gasteiger partial charge in [0.05, 0.1) is 5.39 Å². The third-order valence-electron chi connectivity index (χ3n) is 5.23. The number of benzene rings is 1. The summed E-state index contributed by atoms with van der Waals surface area (Å²) in [4.78, 5) is 23.2. The maximum absolute atomic E-state index is 11.1. The van der Waals surface area contributed by atoms with Gasteiger partial charge in [-0.2, -0.15) is 0 Å². The van der Waals surface area contributed by atoms with E-state index in [1.807, 2.05) is 12.1 Å². The fraction of sp³-hybridized carbons (Fsp3) is 0.421. The maximum Gasteiger partial charge on any atom is 0.409 e. The number of ether oxygens (including phenoxy) is 1. The zero-order chi connectivity index (χ0) is 19.0. The minimum Gasteiger partial charge on any atom is -0.410 e. The molecule has 2 aromatic heterocycles.